The van der Waals surface area contributed by atoms with Gasteiger partial charge in [-0.25, -0.2) is 0 Å². The summed E-state index contributed by atoms with van der Waals surface area (Å²) in [5.74, 6) is 1.46. The zero-order chi connectivity index (χ0) is 28.6. The Balaban J connectivity index is 1.66. The second-order valence-electron chi connectivity index (χ2n) is 9.02. The highest BCUT2D eigenvalue weighted by molar-refractivity contribution is 6.08. The standard InChI is InChI=1S/C32H32N2O6/c1-21-7-6-8-25(17-21)33-31(35)23-11-13-24(14-12-23)32(36)34(20-22-9-15-27(37-2)16-10-22)26-18-28(38-3)30(40-5)29(19-26)39-4/h6-19H,20H2,1-5H3,(H,33,35). The lowest BCUT2D eigenvalue weighted by atomic mass is 10.1. The van der Waals surface area contributed by atoms with Crippen LogP contribution in [0.4, 0.5) is 11.4 Å². The molecule has 0 atom stereocenters. The summed E-state index contributed by atoms with van der Waals surface area (Å²) in [6.45, 7) is 2.22. The van der Waals surface area contributed by atoms with Crippen LogP contribution in [-0.4, -0.2) is 40.3 Å². The van der Waals surface area contributed by atoms with Crippen molar-refractivity contribution in [3.8, 4) is 23.0 Å². The fourth-order valence-corrected chi connectivity index (χ4v) is 4.26. The summed E-state index contributed by atoms with van der Waals surface area (Å²) in [5.41, 5.74) is 4.04. The molecule has 0 fully saturated rings. The molecule has 4 rings (SSSR count). The molecule has 0 bridgehead atoms. The van der Waals surface area contributed by atoms with Gasteiger partial charge in [0.1, 0.15) is 5.75 Å². The molecular formula is C32H32N2O6. The van der Waals surface area contributed by atoms with Gasteiger partial charge in [-0.15, -0.1) is 0 Å². The van der Waals surface area contributed by atoms with Crippen molar-refractivity contribution < 1.29 is 28.5 Å². The lowest BCUT2D eigenvalue weighted by Crippen LogP contribution is -2.30. The van der Waals surface area contributed by atoms with Crippen LogP contribution in [-0.2, 0) is 6.54 Å². The minimum atomic E-state index is -0.268. The maximum Gasteiger partial charge on any atom is 0.258 e. The number of rotatable bonds is 10. The van der Waals surface area contributed by atoms with Gasteiger partial charge in [0, 0.05) is 28.9 Å². The van der Waals surface area contributed by atoms with Gasteiger partial charge in [-0.2, -0.15) is 0 Å². The van der Waals surface area contributed by atoms with E-state index in [-0.39, 0.29) is 18.4 Å². The van der Waals surface area contributed by atoms with Gasteiger partial charge in [0.25, 0.3) is 11.8 Å². The molecular weight excluding hydrogens is 508 g/mol. The van der Waals surface area contributed by atoms with E-state index >= 15 is 0 Å². The molecule has 0 unspecified atom stereocenters. The Kier molecular flexibility index (Phi) is 8.91. The molecule has 206 valence electrons. The van der Waals surface area contributed by atoms with Crippen LogP contribution < -0.4 is 29.2 Å². The highest BCUT2D eigenvalue weighted by Gasteiger charge is 2.23. The number of benzene rings is 4. The van der Waals surface area contributed by atoms with Crippen molar-refractivity contribution in [1.29, 1.82) is 0 Å². The fraction of sp³-hybridized carbons (Fsp3) is 0.188. The number of anilines is 2. The van der Waals surface area contributed by atoms with Gasteiger partial charge in [-0.05, 0) is 66.6 Å². The number of carbonyl (C=O) groups is 2. The smallest absolute Gasteiger partial charge is 0.258 e. The first-order chi connectivity index (χ1) is 19.4. The minimum Gasteiger partial charge on any atom is -0.497 e. The molecule has 4 aromatic carbocycles. The Labute approximate surface area is 234 Å². The Bertz CT molecular complexity index is 1460. The molecule has 0 saturated carbocycles. The van der Waals surface area contributed by atoms with Gasteiger partial charge < -0.3 is 29.2 Å². The Morgan fingerprint density at radius 1 is 0.725 bits per heavy atom. The number of hydrogen-bond acceptors (Lipinski definition) is 6. The van der Waals surface area contributed by atoms with E-state index in [0.717, 1.165) is 11.1 Å². The van der Waals surface area contributed by atoms with Crippen molar-refractivity contribution in [3.05, 3.63) is 107 Å². The first-order valence-corrected chi connectivity index (χ1v) is 12.6. The maximum atomic E-state index is 13.9. The predicted octanol–water partition coefficient (Wildman–Crippen LogP) is 6.13. The van der Waals surface area contributed by atoms with E-state index in [1.807, 2.05) is 55.5 Å². The fourth-order valence-electron chi connectivity index (χ4n) is 4.26. The average molecular weight is 541 g/mol. The van der Waals surface area contributed by atoms with Crippen molar-refractivity contribution in [2.75, 3.05) is 38.7 Å². The van der Waals surface area contributed by atoms with Crippen molar-refractivity contribution >= 4 is 23.2 Å². The highest BCUT2D eigenvalue weighted by atomic mass is 16.5. The summed E-state index contributed by atoms with van der Waals surface area (Å²) in [7, 11) is 6.18. The molecule has 2 amide bonds. The Morgan fingerprint density at radius 3 is 1.90 bits per heavy atom. The summed E-state index contributed by atoms with van der Waals surface area (Å²) in [5, 5.41) is 2.89. The van der Waals surface area contributed by atoms with E-state index in [9.17, 15) is 9.59 Å². The van der Waals surface area contributed by atoms with E-state index in [1.165, 1.54) is 21.3 Å². The van der Waals surface area contributed by atoms with Crippen molar-refractivity contribution in [2.24, 2.45) is 0 Å². The first-order valence-electron chi connectivity index (χ1n) is 12.6. The van der Waals surface area contributed by atoms with Crippen LogP contribution in [0.1, 0.15) is 31.8 Å². The Hall–Kier alpha value is -4.98. The monoisotopic (exact) mass is 540 g/mol. The van der Waals surface area contributed by atoms with Crippen LogP contribution in [0.5, 0.6) is 23.0 Å². The molecule has 0 aromatic heterocycles. The number of methoxy groups -OCH3 is 4. The average Bonchev–Trinajstić information content (AvgIpc) is 2.99. The SMILES string of the molecule is COc1ccc(CN(C(=O)c2ccc(C(=O)Nc3cccc(C)c3)cc2)c2cc(OC)c(OC)c(OC)c2)cc1. The van der Waals surface area contributed by atoms with Crippen LogP contribution in [0.25, 0.3) is 0 Å². The predicted molar refractivity (Wildman–Crippen MR) is 155 cm³/mol. The van der Waals surface area contributed by atoms with Crippen LogP contribution in [0.15, 0.2) is 84.9 Å². The van der Waals surface area contributed by atoms with E-state index in [2.05, 4.69) is 5.32 Å². The number of aryl methyl sites for hydroxylation is 1. The number of hydrogen-bond donors (Lipinski definition) is 1. The van der Waals surface area contributed by atoms with Gasteiger partial charge in [0.2, 0.25) is 5.75 Å². The number of nitrogens with one attached hydrogen (secondary N) is 1. The molecule has 0 radical (unpaired) electrons. The maximum absolute atomic E-state index is 13.9. The van der Waals surface area contributed by atoms with Gasteiger partial charge in [-0.3, -0.25) is 9.59 Å². The van der Waals surface area contributed by atoms with Crippen molar-refractivity contribution in [3.63, 3.8) is 0 Å². The zero-order valence-corrected chi connectivity index (χ0v) is 23.2. The molecule has 8 heteroatoms. The third kappa shape index (κ3) is 6.35. The van der Waals surface area contributed by atoms with E-state index in [0.29, 0.717) is 45.5 Å². The van der Waals surface area contributed by atoms with Crippen LogP contribution in [0, 0.1) is 6.92 Å². The van der Waals surface area contributed by atoms with Crippen molar-refractivity contribution in [1.82, 2.24) is 0 Å². The van der Waals surface area contributed by atoms with E-state index in [1.54, 1.807) is 48.4 Å². The van der Waals surface area contributed by atoms with Crippen LogP contribution in [0.2, 0.25) is 0 Å². The summed E-state index contributed by atoms with van der Waals surface area (Å²) in [6, 6.07) is 25.1. The quantitative estimate of drug-likeness (QED) is 0.261. The topological polar surface area (TPSA) is 86.3 Å². The molecule has 0 aliphatic rings. The second kappa shape index (κ2) is 12.7. The summed E-state index contributed by atoms with van der Waals surface area (Å²) < 4.78 is 21.8. The second-order valence-corrected chi connectivity index (χ2v) is 9.02. The molecule has 4 aromatic rings. The lowest BCUT2D eigenvalue weighted by molar-refractivity contribution is 0.0982. The molecule has 8 nitrogen and oxygen atoms in total. The third-order valence-electron chi connectivity index (χ3n) is 6.38. The molecule has 0 saturated heterocycles. The first kappa shape index (κ1) is 28.0. The molecule has 0 aliphatic carbocycles. The van der Waals surface area contributed by atoms with E-state index in [4.69, 9.17) is 18.9 Å². The van der Waals surface area contributed by atoms with Gasteiger partial charge >= 0.3 is 0 Å². The number of nitrogens with zero attached hydrogens (tertiary/aromatic N) is 1. The minimum absolute atomic E-state index is 0.260. The zero-order valence-electron chi connectivity index (χ0n) is 23.2. The number of amides is 2. The van der Waals surface area contributed by atoms with Gasteiger partial charge in [0.15, 0.2) is 11.5 Å². The molecule has 0 aliphatic heterocycles. The molecule has 1 N–H and O–H groups in total. The molecule has 40 heavy (non-hydrogen) atoms. The number of ether oxygens (including phenoxy) is 4. The van der Waals surface area contributed by atoms with Crippen LogP contribution in [0.3, 0.4) is 0 Å². The summed E-state index contributed by atoms with van der Waals surface area (Å²) in [6.07, 6.45) is 0. The van der Waals surface area contributed by atoms with Crippen molar-refractivity contribution in [2.45, 2.75) is 13.5 Å². The van der Waals surface area contributed by atoms with Crippen LogP contribution >= 0.6 is 0 Å². The van der Waals surface area contributed by atoms with Gasteiger partial charge in [0.05, 0.1) is 40.7 Å². The van der Waals surface area contributed by atoms with E-state index < -0.39 is 0 Å². The highest BCUT2D eigenvalue weighted by Crippen LogP contribution is 2.41. The third-order valence-corrected chi connectivity index (χ3v) is 6.38. The largest absolute Gasteiger partial charge is 0.497 e. The summed E-state index contributed by atoms with van der Waals surface area (Å²) >= 11 is 0. The van der Waals surface area contributed by atoms with Gasteiger partial charge in [-0.1, -0.05) is 24.3 Å². The number of carbonyl (C=O) groups excluding carboxylic acids is 2. The molecule has 0 spiro atoms. The molecule has 0 heterocycles. The normalized spacial score (nSPS) is 10.4. The Morgan fingerprint density at radius 2 is 1.35 bits per heavy atom. The lowest BCUT2D eigenvalue weighted by Gasteiger charge is -2.25. The summed E-state index contributed by atoms with van der Waals surface area (Å²) in [4.78, 5) is 28.3.